The minimum absolute atomic E-state index is 0.0812. The second-order valence-corrected chi connectivity index (χ2v) is 7.31. The van der Waals surface area contributed by atoms with Crippen molar-refractivity contribution in [2.24, 2.45) is 5.92 Å². The molecule has 1 aliphatic rings. The highest BCUT2D eigenvalue weighted by Gasteiger charge is 2.20. The minimum Gasteiger partial charge on any atom is -0.392 e. The predicted octanol–water partition coefficient (Wildman–Crippen LogP) is 3.46. The summed E-state index contributed by atoms with van der Waals surface area (Å²) >= 11 is 1.88. The summed E-state index contributed by atoms with van der Waals surface area (Å²) in [7, 11) is 0. The van der Waals surface area contributed by atoms with Gasteiger partial charge in [0.25, 0.3) is 0 Å². The average molecular weight is 216 g/mol. The summed E-state index contributed by atoms with van der Waals surface area (Å²) in [4.78, 5) is 0. The van der Waals surface area contributed by atoms with Crippen LogP contribution < -0.4 is 0 Å². The van der Waals surface area contributed by atoms with E-state index >= 15 is 0 Å². The van der Waals surface area contributed by atoms with Crippen molar-refractivity contribution in [3.8, 4) is 0 Å². The van der Waals surface area contributed by atoms with Crippen LogP contribution in [0.5, 0.6) is 0 Å². The number of thioether (sulfide) groups is 1. The lowest BCUT2D eigenvalue weighted by Gasteiger charge is -2.21. The molecule has 1 atom stereocenters. The fraction of sp³-hybridized carbons (Fsp3) is 1.00. The van der Waals surface area contributed by atoms with Crippen LogP contribution in [0.3, 0.4) is 0 Å². The van der Waals surface area contributed by atoms with Gasteiger partial charge in [-0.25, -0.2) is 0 Å². The van der Waals surface area contributed by atoms with Gasteiger partial charge in [0.05, 0.1) is 6.10 Å². The first-order chi connectivity index (χ1) is 6.47. The lowest BCUT2D eigenvalue weighted by Crippen LogP contribution is -2.19. The topological polar surface area (TPSA) is 20.2 Å². The SMILES string of the molecule is CC(C)(C)SCC(O)CC1CCCC1. The van der Waals surface area contributed by atoms with Gasteiger partial charge in [0.2, 0.25) is 0 Å². The van der Waals surface area contributed by atoms with Gasteiger partial charge in [-0.05, 0) is 12.3 Å². The zero-order valence-electron chi connectivity index (χ0n) is 9.75. The Morgan fingerprint density at radius 1 is 1.29 bits per heavy atom. The molecule has 14 heavy (non-hydrogen) atoms. The summed E-state index contributed by atoms with van der Waals surface area (Å²) in [6, 6.07) is 0. The van der Waals surface area contributed by atoms with Gasteiger partial charge in [-0.3, -0.25) is 0 Å². The van der Waals surface area contributed by atoms with Gasteiger partial charge in [-0.2, -0.15) is 11.8 Å². The maximum Gasteiger partial charge on any atom is 0.0633 e. The van der Waals surface area contributed by atoms with Crippen LogP contribution in [0.1, 0.15) is 52.9 Å². The lowest BCUT2D eigenvalue weighted by atomic mass is 10.0. The normalized spacial score (nSPS) is 21.4. The predicted molar refractivity (Wildman–Crippen MR) is 64.8 cm³/mol. The minimum atomic E-state index is -0.0812. The maximum atomic E-state index is 9.85. The molecule has 1 unspecified atom stereocenters. The molecule has 0 aromatic rings. The summed E-state index contributed by atoms with van der Waals surface area (Å²) < 4.78 is 0.288. The van der Waals surface area contributed by atoms with E-state index in [1.54, 1.807) is 0 Å². The van der Waals surface area contributed by atoms with E-state index in [-0.39, 0.29) is 10.9 Å². The Morgan fingerprint density at radius 3 is 2.36 bits per heavy atom. The summed E-state index contributed by atoms with van der Waals surface area (Å²) in [5.74, 6) is 1.71. The van der Waals surface area contributed by atoms with Gasteiger partial charge < -0.3 is 5.11 Å². The molecule has 0 spiro atoms. The molecular formula is C12H24OS. The van der Waals surface area contributed by atoms with Gasteiger partial charge in [0, 0.05) is 10.5 Å². The summed E-state index contributed by atoms with van der Waals surface area (Å²) in [5, 5.41) is 9.85. The van der Waals surface area contributed by atoms with Gasteiger partial charge in [0.15, 0.2) is 0 Å². The largest absolute Gasteiger partial charge is 0.392 e. The van der Waals surface area contributed by atoms with Crippen molar-refractivity contribution in [3.63, 3.8) is 0 Å². The van der Waals surface area contributed by atoms with E-state index in [1.807, 2.05) is 11.8 Å². The van der Waals surface area contributed by atoms with Gasteiger partial charge in [-0.15, -0.1) is 0 Å². The molecular weight excluding hydrogens is 192 g/mol. The highest BCUT2D eigenvalue weighted by atomic mass is 32.2. The van der Waals surface area contributed by atoms with Gasteiger partial charge >= 0.3 is 0 Å². The third-order valence-electron chi connectivity index (χ3n) is 2.79. The lowest BCUT2D eigenvalue weighted by molar-refractivity contribution is 0.165. The Kier molecular flexibility index (Phi) is 4.78. The molecule has 1 N–H and O–H groups in total. The molecule has 0 aliphatic heterocycles. The van der Waals surface area contributed by atoms with E-state index in [4.69, 9.17) is 0 Å². The van der Waals surface area contributed by atoms with Crippen molar-refractivity contribution in [1.29, 1.82) is 0 Å². The van der Waals surface area contributed by atoms with E-state index in [2.05, 4.69) is 20.8 Å². The van der Waals surface area contributed by atoms with E-state index in [0.717, 1.165) is 18.1 Å². The van der Waals surface area contributed by atoms with Gasteiger partial charge in [-0.1, -0.05) is 46.5 Å². The molecule has 1 rings (SSSR count). The van der Waals surface area contributed by atoms with Crippen molar-refractivity contribution in [2.45, 2.75) is 63.7 Å². The zero-order chi connectivity index (χ0) is 10.6. The number of aliphatic hydroxyl groups is 1. The van der Waals surface area contributed by atoms with Crippen LogP contribution in [-0.4, -0.2) is 21.7 Å². The monoisotopic (exact) mass is 216 g/mol. The third kappa shape index (κ3) is 5.26. The van der Waals surface area contributed by atoms with Crippen molar-refractivity contribution < 1.29 is 5.11 Å². The fourth-order valence-corrected chi connectivity index (χ4v) is 2.87. The van der Waals surface area contributed by atoms with E-state index in [9.17, 15) is 5.11 Å². The van der Waals surface area contributed by atoms with Crippen LogP contribution in [0, 0.1) is 5.92 Å². The molecule has 1 aliphatic carbocycles. The Morgan fingerprint density at radius 2 is 1.86 bits per heavy atom. The van der Waals surface area contributed by atoms with Crippen LogP contribution in [0.2, 0.25) is 0 Å². The Balaban J connectivity index is 2.12. The molecule has 0 heterocycles. The number of hydrogen-bond donors (Lipinski definition) is 1. The van der Waals surface area contributed by atoms with Crippen LogP contribution in [0.25, 0.3) is 0 Å². The van der Waals surface area contributed by atoms with E-state index in [0.29, 0.717) is 0 Å². The highest BCUT2D eigenvalue weighted by Crippen LogP contribution is 2.31. The van der Waals surface area contributed by atoms with Crippen LogP contribution in [0.15, 0.2) is 0 Å². The second kappa shape index (κ2) is 5.41. The van der Waals surface area contributed by atoms with Crippen LogP contribution in [0.4, 0.5) is 0 Å². The number of aliphatic hydroxyl groups excluding tert-OH is 1. The van der Waals surface area contributed by atoms with Crippen LogP contribution in [-0.2, 0) is 0 Å². The maximum absolute atomic E-state index is 9.85. The summed E-state index contributed by atoms with van der Waals surface area (Å²) in [6.07, 6.45) is 6.40. The Hall–Kier alpha value is 0.310. The molecule has 2 heteroatoms. The summed E-state index contributed by atoms with van der Waals surface area (Å²) in [5.41, 5.74) is 0. The standard InChI is InChI=1S/C12H24OS/c1-12(2,3)14-9-11(13)8-10-6-4-5-7-10/h10-11,13H,4-9H2,1-3H3. The Labute approximate surface area is 92.7 Å². The van der Waals surface area contributed by atoms with Crippen molar-refractivity contribution in [2.75, 3.05) is 5.75 Å². The van der Waals surface area contributed by atoms with Crippen molar-refractivity contribution >= 4 is 11.8 Å². The first-order valence-corrected chi connectivity index (χ1v) is 6.78. The summed E-state index contributed by atoms with van der Waals surface area (Å²) in [6.45, 7) is 6.62. The molecule has 84 valence electrons. The van der Waals surface area contributed by atoms with Crippen LogP contribution >= 0.6 is 11.8 Å². The smallest absolute Gasteiger partial charge is 0.0633 e. The molecule has 1 fully saturated rings. The first kappa shape index (κ1) is 12.4. The molecule has 1 nitrogen and oxygen atoms in total. The van der Waals surface area contributed by atoms with Gasteiger partial charge in [0.1, 0.15) is 0 Å². The highest BCUT2D eigenvalue weighted by molar-refractivity contribution is 8.00. The van der Waals surface area contributed by atoms with Crippen molar-refractivity contribution in [3.05, 3.63) is 0 Å². The first-order valence-electron chi connectivity index (χ1n) is 5.79. The number of hydrogen-bond acceptors (Lipinski definition) is 2. The molecule has 0 radical (unpaired) electrons. The molecule has 0 amide bonds. The fourth-order valence-electron chi connectivity index (χ4n) is 2.05. The molecule has 0 aromatic carbocycles. The second-order valence-electron chi connectivity index (χ2n) is 5.46. The Bertz CT molecular complexity index is 156. The van der Waals surface area contributed by atoms with E-state index < -0.39 is 0 Å². The molecule has 0 saturated heterocycles. The average Bonchev–Trinajstić information content (AvgIpc) is 2.52. The zero-order valence-corrected chi connectivity index (χ0v) is 10.6. The number of rotatable bonds is 4. The quantitative estimate of drug-likeness (QED) is 0.776. The van der Waals surface area contributed by atoms with E-state index in [1.165, 1.54) is 25.7 Å². The third-order valence-corrected chi connectivity index (χ3v) is 4.21. The molecule has 0 aromatic heterocycles. The molecule has 0 bridgehead atoms. The molecule has 1 saturated carbocycles. The van der Waals surface area contributed by atoms with Crippen molar-refractivity contribution in [1.82, 2.24) is 0 Å².